The lowest BCUT2D eigenvalue weighted by Crippen LogP contribution is -1.89. The molecule has 7 nitrogen and oxygen atoms in total. The predicted octanol–water partition coefficient (Wildman–Crippen LogP) is 5.59. The second kappa shape index (κ2) is 7.43. The zero-order valence-electron chi connectivity index (χ0n) is 14.1. The van der Waals surface area contributed by atoms with Crippen LogP contribution in [0.25, 0.3) is 17.5 Å². The minimum Gasteiger partial charge on any atom is -0.497 e. The number of aromatic nitrogens is 1. The van der Waals surface area contributed by atoms with Gasteiger partial charge in [-0.25, -0.2) is 0 Å². The quantitative estimate of drug-likeness (QED) is 0.331. The van der Waals surface area contributed by atoms with Gasteiger partial charge in [-0.2, -0.15) is 0 Å². The molecule has 3 aromatic rings. The molecule has 0 aliphatic carbocycles. The van der Waals surface area contributed by atoms with E-state index in [4.69, 9.17) is 4.74 Å². The average molecular weight is 348 g/mol. The number of nitro benzene ring substituents is 1. The van der Waals surface area contributed by atoms with Crippen LogP contribution in [0.2, 0.25) is 0 Å². The molecule has 0 saturated carbocycles. The van der Waals surface area contributed by atoms with Gasteiger partial charge in [0, 0.05) is 18.3 Å². The molecular formula is C19H16N4O3. The fourth-order valence-corrected chi connectivity index (χ4v) is 2.46. The van der Waals surface area contributed by atoms with Crippen LogP contribution in [-0.2, 0) is 0 Å². The van der Waals surface area contributed by atoms with Crippen LogP contribution in [-0.4, -0.2) is 16.6 Å². The van der Waals surface area contributed by atoms with E-state index >= 15 is 0 Å². The Balaban J connectivity index is 1.87. The number of ether oxygens (including phenoxy) is 1. The molecule has 2 aromatic carbocycles. The van der Waals surface area contributed by atoms with Crippen LogP contribution in [0.3, 0.4) is 0 Å². The van der Waals surface area contributed by atoms with Crippen molar-refractivity contribution in [2.24, 2.45) is 10.2 Å². The first-order valence-corrected chi connectivity index (χ1v) is 7.77. The molecule has 0 spiro atoms. The van der Waals surface area contributed by atoms with Gasteiger partial charge in [-0.05, 0) is 54.1 Å². The molecule has 0 amide bonds. The van der Waals surface area contributed by atoms with E-state index in [1.807, 2.05) is 41.0 Å². The molecule has 0 bridgehead atoms. The highest BCUT2D eigenvalue weighted by Crippen LogP contribution is 2.30. The summed E-state index contributed by atoms with van der Waals surface area (Å²) in [5, 5.41) is 19.0. The second-order valence-corrected chi connectivity index (χ2v) is 5.33. The third-order valence-electron chi connectivity index (χ3n) is 3.79. The minimum atomic E-state index is -0.453. The lowest BCUT2D eigenvalue weighted by Gasteiger charge is -2.06. The summed E-state index contributed by atoms with van der Waals surface area (Å²) < 4.78 is 6.99. The van der Waals surface area contributed by atoms with Crippen LogP contribution in [0.5, 0.6) is 5.75 Å². The Labute approximate surface area is 150 Å². The number of azo groups is 1. The third-order valence-corrected chi connectivity index (χ3v) is 3.79. The first kappa shape index (κ1) is 17.1. The number of non-ortho nitro benzene ring substituents is 1. The Morgan fingerprint density at radius 2 is 1.73 bits per heavy atom. The monoisotopic (exact) mass is 348 g/mol. The summed E-state index contributed by atoms with van der Waals surface area (Å²) in [4.78, 5) is 10.2. The largest absolute Gasteiger partial charge is 0.497 e. The van der Waals surface area contributed by atoms with Crippen molar-refractivity contribution in [1.29, 1.82) is 0 Å². The SMILES string of the molecule is C=Cn1c(N=Nc2ccc([N+](=O)[O-])cc2)ccc1-c1ccc(OC)cc1. The van der Waals surface area contributed by atoms with Gasteiger partial charge in [0.05, 0.1) is 23.4 Å². The number of nitro groups is 1. The lowest BCUT2D eigenvalue weighted by molar-refractivity contribution is -0.384. The highest BCUT2D eigenvalue weighted by atomic mass is 16.6. The van der Waals surface area contributed by atoms with Gasteiger partial charge >= 0.3 is 0 Å². The molecule has 7 heteroatoms. The zero-order valence-corrected chi connectivity index (χ0v) is 14.1. The van der Waals surface area contributed by atoms with Gasteiger partial charge in [-0.1, -0.05) is 6.58 Å². The maximum atomic E-state index is 10.7. The fourth-order valence-electron chi connectivity index (χ4n) is 2.46. The highest BCUT2D eigenvalue weighted by Gasteiger charge is 2.08. The molecule has 26 heavy (non-hydrogen) atoms. The smallest absolute Gasteiger partial charge is 0.269 e. The molecule has 1 aromatic heterocycles. The number of rotatable bonds is 6. The Kier molecular flexibility index (Phi) is 4.89. The molecule has 0 aliphatic heterocycles. The van der Waals surface area contributed by atoms with Gasteiger partial charge in [0.15, 0.2) is 5.82 Å². The Bertz CT molecular complexity index is 957. The van der Waals surface area contributed by atoms with Gasteiger partial charge in [0.2, 0.25) is 0 Å². The molecule has 130 valence electrons. The number of hydrogen-bond donors (Lipinski definition) is 0. The van der Waals surface area contributed by atoms with Crippen LogP contribution in [0.15, 0.2) is 77.5 Å². The van der Waals surface area contributed by atoms with E-state index in [0.717, 1.165) is 17.0 Å². The molecule has 1 heterocycles. The van der Waals surface area contributed by atoms with Crippen molar-refractivity contribution in [3.05, 3.63) is 77.4 Å². The van der Waals surface area contributed by atoms with Crippen LogP contribution >= 0.6 is 0 Å². The number of nitrogens with zero attached hydrogens (tertiary/aromatic N) is 4. The van der Waals surface area contributed by atoms with E-state index < -0.39 is 4.92 Å². The summed E-state index contributed by atoms with van der Waals surface area (Å²) in [6, 6.07) is 17.3. The summed E-state index contributed by atoms with van der Waals surface area (Å²) in [7, 11) is 1.62. The molecular weight excluding hydrogens is 332 g/mol. The van der Waals surface area contributed by atoms with Crippen molar-refractivity contribution >= 4 is 23.4 Å². The number of benzene rings is 2. The molecule has 0 aliphatic rings. The first-order valence-electron chi connectivity index (χ1n) is 7.77. The highest BCUT2D eigenvalue weighted by molar-refractivity contribution is 5.67. The zero-order chi connectivity index (χ0) is 18.5. The topological polar surface area (TPSA) is 82.0 Å². The number of hydrogen-bond acceptors (Lipinski definition) is 5. The van der Waals surface area contributed by atoms with Crippen molar-refractivity contribution < 1.29 is 9.66 Å². The Morgan fingerprint density at radius 3 is 2.31 bits per heavy atom. The van der Waals surface area contributed by atoms with Crippen molar-refractivity contribution in [1.82, 2.24) is 4.57 Å². The van der Waals surface area contributed by atoms with Gasteiger partial charge in [0.1, 0.15) is 5.75 Å². The van der Waals surface area contributed by atoms with Crippen molar-refractivity contribution in [3.8, 4) is 17.0 Å². The maximum absolute atomic E-state index is 10.7. The standard InChI is InChI=1S/C19H16N4O3/c1-3-22-18(14-4-10-17(26-2)11-5-14)12-13-19(22)21-20-15-6-8-16(9-7-15)23(24)25/h3-13H,1H2,2H3. The molecule has 0 fully saturated rings. The van der Waals surface area contributed by atoms with Crippen molar-refractivity contribution in [3.63, 3.8) is 0 Å². The summed E-state index contributed by atoms with van der Waals surface area (Å²) in [5.74, 6) is 1.38. The summed E-state index contributed by atoms with van der Waals surface area (Å²) in [5.41, 5.74) is 2.45. The van der Waals surface area contributed by atoms with E-state index in [1.165, 1.54) is 12.1 Å². The predicted molar refractivity (Wildman–Crippen MR) is 100 cm³/mol. The lowest BCUT2D eigenvalue weighted by atomic mass is 10.1. The Hall–Kier alpha value is -3.74. The molecule has 0 N–H and O–H groups in total. The van der Waals surface area contributed by atoms with Crippen LogP contribution in [0, 0.1) is 10.1 Å². The molecule has 3 rings (SSSR count). The molecule has 0 unspecified atom stereocenters. The van der Waals surface area contributed by atoms with Gasteiger partial charge in [-0.15, -0.1) is 10.2 Å². The molecule has 0 saturated heterocycles. The summed E-state index contributed by atoms with van der Waals surface area (Å²) >= 11 is 0. The summed E-state index contributed by atoms with van der Waals surface area (Å²) in [6.45, 7) is 3.83. The van der Waals surface area contributed by atoms with Gasteiger partial charge < -0.3 is 9.30 Å². The van der Waals surface area contributed by atoms with E-state index in [-0.39, 0.29) is 5.69 Å². The van der Waals surface area contributed by atoms with E-state index in [2.05, 4.69) is 16.8 Å². The Morgan fingerprint density at radius 1 is 1.04 bits per heavy atom. The van der Waals surface area contributed by atoms with Crippen LogP contribution in [0.4, 0.5) is 17.2 Å². The first-order chi connectivity index (χ1) is 12.6. The normalized spacial score (nSPS) is 10.8. The number of methoxy groups -OCH3 is 1. The van der Waals surface area contributed by atoms with E-state index in [1.54, 1.807) is 25.4 Å². The van der Waals surface area contributed by atoms with Crippen LogP contribution in [0.1, 0.15) is 0 Å². The van der Waals surface area contributed by atoms with E-state index in [0.29, 0.717) is 11.5 Å². The van der Waals surface area contributed by atoms with Crippen LogP contribution < -0.4 is 4.74 Å². The maximum Gasteiger partial charge on any atom is 0.269 e. The van der Waals surface area contributed by atoms with E-state index in [9.17, 15) is 10.1 Å². The second-order valence-electron chi connectivity index (χ2n) is 5.33. The minimum absolute atomic E-state index is 0.0141. The van der Waals surface area contributed by atoms with Crippen molar-refractivity contribution in [2.45, 2.75) is 0 Å². The van der Waals surface area contributed by atoms with Gasteiger partial charge in [0.25, 0.3) is 5.69 Å². The fraction of sp³-hybridized carbons (Fsp3) is 0.0526. The summed E-state index contributed by atoms with van der Waals surface area (Å²) in [6.07, 6.45) is 1.66. The average Bonchev–Trinajstić information content (AvgIpc) is 3.09. The van der Waals surface area contributed by atoms with Gasteiger partial charge in [-0.3, -0.25) is 10.1 Å². The third kappa shape index (κ3) is 3.51. The van der Waals surface area contributed by atoms with Crippen molar-refractivity contribution in [2.75, 3.05) is 7.11 Å². The molecule has 0 radical (unpaired) electrons. The molecule has 0 atom stereocenters.